The first-order chi connectivity index (χ1) is 11.8. The highest BCUT2D eigenvalue weighted by molar-refractivity contribution is 7.89. The van der Waals surface area contributed by atoms with E-state index in [1.165, 1.54) is 4.88 Å². The molecular weight excluding hydrogens is 354 g/mol. The Bertz CT molecular complexity index is 761. The Morgan fingerprint density at radius 3 is 2.48 bits per heavy atom. The van der Waals surface area contributed by atoms with E-state index in [2.05, 4.69) is 31.4 Å². The van der Waals surface area contributed by atoms with Crippen molar-refractivity contribution in [3.05, 3.63) is 22.4 Å². The second-order valence-corrected chi connectivity index (χ2v) is 11.6. The third kappa shape index (κ3) is 2.63. The Labute approximate surface area is 154 Å². The van der Waals surface area contributed by atoms with Gasteiger partial charge in [0.15, 0.2) is 0 Å². The normalized spacial score (nSPS) is 33.2. The van der Waals surface area contributed by atoms with Crippen LogP contribution in [0.4, 0.5) is 0 Å². The molecule has 2 bridgehead atoms. The monoisotopic (exact) mass is 381 g/mol. The van der Waals surface area contributed by atoms with Crippen LogP contribution in [0.3, 0.4) is 0 Å². The predicted octanol–water partition coefficient (Wildman–Crippen LogP) is 3.65. The Kier molecular flexibility index (Phi) is 4.17. The molecule has 2 atom stereocenters. The standard InChI is InChI=1S/C19H27NO3S2/c1-18(2)15-5-8-19(18,17(21)12-15)13-25(22,23)20-9-6-14(7-10-20)16-4-3-11-24-16/h3-4,11,14-15H,5-10,12-13H2,1-2H3/t15-,19+/m0/s1. The Morgan fingerprint density at radius 1 is 1.24 bits per heavy atom. The summed E-state index contributed by atoms with van der Waals surface area (Å²) in [5.74, 6) is 1.04. The number of Topliss-reactive ketones (excluding diaryl/α,β-unsaturated/α-hetero) is 1. The van der Waals surface area contributed by atoms with Gasteiger partial charge in [0.05, 0.1) is 5.75 Å². The van der Waals surface area contributed by atoms with Crippen LogP contribution < -0.4 is 0 Å². The van der Waals surface area contributed by atoms with Crippen molar-refractivity contribution in [2.24, 2.45) is 16.7 Å². The molecule has 3 aliphatic rings. The van der Waals surface area contributed by atoms with E-state index in [0.717, 1.165) is 25.7 Å². The number of sulfonamides is 1. The highest BCUT2D eigenvalue weighted by Gasteiger charge is 2.65. The van der Waals surface area contributed by atoms with Gasteiger partial charge in [0.2, 0.25) is 10.0 Å². The molecule has 2 saturated carbocycles. The summed E-state index contributed by atoms with van der Waals surface area (Å²) in [7, 11) is -3.39. The molecule has 1 aromatic heterocycles. The minimum absolute atomic E-state index is 0.0198. The molecule has 0 amide bonds. The lowest BCUT2D eigenvalue weighted by atomic mass is 9.70. The number of hydrogen-bond acceptors (Lipinski definition) is 4. The fourth-order valence-electron chi connectivity index (χ4n) is 5.45. The molecule has 2 heterocycles. The summed E-state index contributed by atoms with van der Waals surface area (Å²) < 4.78 is 27.9. The largest absolute Gasteiger partial charge is 0.299 e. The molecule has 0 aromatic carbocycles. The van der Waals surface area contributed by atoms with Crippen LogP contribution in [-0.4, -0.2) is 37.3 Å². The van der Waals surface area contributed by atoms with Crippen LogP contribution in [0.1, 0.15) is 56.7 Å². The van der Waals surface area contributed by atoms with E-state index in [9.17, 15) is 13.2 Å². The number of ketones is 1. The fraction of sp³-hybridized carbons (Fsp3) is 0.737. The van der Waals surface area contributed by atoms with Gasteiger partial charge >= 0.3 is 0 Å². The number of hydrogen-bond donors (Lipinski definition) is 0. The summed E-state index contributed by atoms with van der Waals surface area (Å²) in [5, 5.41) is 2.09. The first-order valence-corrected chi connectivity index (χ1v) is 11.8. The number of rotatable bonds is 4. The molecule has 0 radical (unpaired) electrons. The van der Waals surface area contributed by atoms with Crippen LogP contribution >= 0.6 is 11.3 Å². The Morgan fingerprint density at radius 2 is 1.96 bits per heavy atom. The van der Waals surface area contributed by atoms with Crippen LogP contribution in [0, 0.1) is 16.7 Å². The lowest BCUT2D eigenvalue weighted by molar-refractivity contribution is -0.128. The average Bonchev–Trinajstić information content (AvgIpc) is 3.22. The fourth-order valence-corrected chi connectivity index (χ4v) is 8.60. The SMILES string of the molecule is CC1(C)[C@H]2CC[C@@]1(CS(=O)(=O)N1CCC(c3cccs3)CC1)C(=O)C2. The molecular formula is C19H27NO3S2. The molecule has 1 saturated heterocycles. The highest BCUT2D eigenvalue weighted by atomic mass is 32.2. The first-order valence-electron chi connectivity index (χ1n) is 9.31. The lowest BCUT2D eigenvalue weighted by Gasteiger charge is -2.39. The van der Waals surface area contributed by atoms with Crippen molar-refractivity contribution in [2.75, 3.05) is 18.8 Å². The van der Waals surface area contributed by atoms with E-state index in [0.29, 0.717) is 31.3 Å². The van der Waals surface area contributed by atoms with Gasteiger partial charge in [-0.05, 0) is 54.4 Å². The summed E-state index contributed by atoms with van der Waals surface area (Å²) in [6.45, 7) is 5.38. The number of nitrogens with zero attached hydrogens (tertiary/aromatic N) is 1. The van der Waals surface area contributed by atoms with Crippen LogP contribution in [-0.2, 0) is 14.8 Å². The second kappa shape index (κ2) is 5.89. The van der Waals surface area contributed by atoms with Crippen LogP contribution in [0.15, 0.2) is 17.5 Å². The summed E-state index contributed by atoms with van der Waals surface area (Å²) >= 11 is 1.76. The molecule has 0 spiro atoms. The average molecular weight is 382 g/mol. The van der Waals surface area contributed by atoms with Crippen molar-refractivity contribution < 1.29 is 13.2 Å². The number of fused-ring (bicyclic) bond motifs is 2. The molecule has 4 rings (SSSR count). The van der Waals surface area contributed by atoms with E-state index in [1.54, 1.807) is 15.6 Å². The zero-order valence-corrected chi connectivity index (χ0v) is 16.7. The molecule has 3 fully saturated rings. The third-order valence-corrected chi connectivity index (χ3v) is 10.4. The minimum atomic E-state index is -3.39. The van der Waals surface area contributed by atoms with Crippen molar-refractivity contribution in [1.82, 2.24) is 4.31 Å². The van der Waals surface area contributed by atoms with E-state index >= 15 is 0 Å². The van der Waals surface area contributed by atoms with Crippen molar-refractivity contribution >= 4 is 27.1 Å². The van der Waals surface area contributed by atoms with Gasteiger partial charge in [0.25, 0.3) is 0 Å². The van der Waals surface area contributed by atoms with E-state index in [-0.39, 0.29) is 17.0 Å². The lowest BCUT2D eigenvalue weighted by Crippen LogP contribution is -2.48. The van der Waals surface area contributed by atoms with Gasteiger partial charge in [-0.1, -0.05) is 19.9 Å². The molecule has 2 aliphatic carbocycles. The minimum Gasteiger partial charge on any atom is -0.299 e. The van der Waals surface area contributed by atoms with Crippen molar-refractivity contribution in [3.8, 4) is 0 Å². The van der Waals surface area contributed by atoms with Crippen molar-refractivity contribution in [3.63, 3.8) is 0 Å². The summed E-state index contributed by atoms with van der Waals surface area (Å²) in [6.07, 6.45) is 4.07. The quantitative estimate of drug-likeness (QED) is 0.800. The number of carbonyl (C=O) groups excluding carboxylic acids is 1. The maximum absolute atomic E-state index is 13.1. The molecule has 138 valence electrons. The zero-order valence-electron chi connectivity index (χ0n) is 15.0. The number of piperidine rings is 1. The molecule has 0 unspecified atom stereocenters. The van der Waals surface area contributed by atoms with Crippen molar-refractivity contribution in [2.45, 2.75) is 51.9 Å². The maximum atomic E-state index is 13.1. The Balaban J connectivity index is 1.49. The molecule has 1 aromatic rings. The van der Waals surface area contributed by atoms with Gasteiger partial charge < -0.3 is 0 Å². The van der Waals surface area contributed by atoms with Gasteiger partial charge in [-0.25, -0.2) is 12.7 Å². The Hall–Kier alpha value is -0.720. The van der Waals surface area contributed by atoms with E-state index < -0.39 is 15.4 Å². The van der Waals surface area contributed by atoms with Gasteiger partial charge in [-0.2, -0.15) is 0 Å². The smallest absolute Gasteiger partial charge is 0.215 e. The predicted molar refractivity (Wildman–Crippen MR) is 100 cm³/mol. The van der Waals surface area contributed by atoms with E-state index in [4.69, 9.17) is 0 Å². The third-order valence-electron chi connectivity index (χ3n) is 7.36. The van der Waals surface area contributed by atoms with Crippen LogP contribution in [0.25, 0.3) is 0 Å². The van der Waals surface area contributed by atoms with Crippen molar-refractivity contribution in [1.29, 1.82) is 0 Å². The van der Waals surface area contributed by atoms with Gasteiger partial charge in [-0.3, -0.25) is 4.79 Å². The van der Waals surface area contributed by atoms with Gasteiger partial charge in [0.1, 0.15) is 5.78 Å². The number of thiophene rings is 1. The molecule has 6 heteroatoms. The second-order valence-electron chi connectivity index (χ2n) is 8.61. The summed E-state index contributed by atoms with van der Waals surface area (Å²) in [4.78, 5) is 14.0. The summed E-state index contributed by atoms with van der Waals surface area (Å²) in [5.41, 5.74) is -0.840. The number of carbonyl (C=O) groups is 1. The first kappa shape index (κ1) is 17.7. The highest BCUT2D eigenvalue weighted by Crippen LogP contribution is 2.64. The van der Waals surface area contributed by atoms with Gasteiger partial charge in [-0.15, -0.1) is 11.3 Å². The van der Waals surface area contributed by atoms with Gasteiger partial charge in [0, 0.05) is 29.8 Å². The topological polar surface area (TPSA) is 54.5 Å². The summed E-state index contributed by atoms with van der Waals surface area (Å²) in [6, 6.07) is 4.21. The zero-order chi connectivity index (χ0) is 17.9. The molecule has 4 nitrogen and oxygen atoms in total. The molecule has 1 aliphatic heterocycles. The van der Waals surface area contributed by atoms with Crippen LogP contribution in [0.5, 0.6) is 0 Å². The van der Waals surface area contributed by atoms with E-state index in [1.807, 2.05) is 0 Å². The maximum Gasteiger partial charge on any atom is 0.215 e. The molecule has 0 N–H and O–H groups in total. The molecule has 25 heavy (non-hydrogen) atoms. The van der Waals surface area contributed by atoms with Crippen LogP contribution in [0.2, 0.25) is 0 Å².